The fourth-order valence-corrected chi connectivity index (χ4v) is 4.00. The van der Waals surface area contributed by atoms with E-state index in [-0.39, 0.29) is 21.9 Å². The van der Waals surface area contributed by atoms with Crippen LogP contribution in [-0.4, -0.2) is 35.6 Å². The molecule has 0 amide bonds. The summed E-state index contributed by atoms with van der Waals surface area (Å²) >= 11 is 0. The average Bonchev–Trinajstić information content (AvgIpc) is 2.37. The van der Waals surface area contributed by atoms with Crippen molar-refractivity contribution in [3.63, 3.8) is 0 Å². The minimum absolute atomic E-state index is 0.00837. The first-order valence-corrected chi connectivity index (χ1v) is 9.48. The van der Waals surface area contributed by atoms with Gasteiger partial charge in [0, 0.05) is 12.6 Å². The van der Waals surface area contributed by atoms with Gasteiger partial charge in [0.05, 0.1) is 15.9 Å². The van der Waals surface area contributed by atoms with Crippen molar-refractivity contribution in [3.8, 4) is 0 Å². The number of nitrogens with two attached hydrogens (primary N) is 1. The molecule has 1 aliphatic heterocycles. The minimum atomic E-state index is -3.83. The highest BCUT2D eigenvalue weighted by Gasteiger charge is 2.25. The van der Waals surface area contributed by atoms with Gasteiger partial charge in [-0.25, -0.2) is 26.7 Å². The van der Waals surface area contributed by atoms with E-state index in [4.69, 9.17) is 9.88 Å². The fraction of sp³-hybridized carbons (Fsp3) is 0.500. The van der Waals surface area contributed by atoms with Crippen LogP contribution in [0.2, 0.25) is 0 Å². The maximum atomic E-state index is 12.2. The van der Waals surface area contributed by atoms with E-state index in [1.807, 2.05) is 6.92 Å². The van der Waals surface area contributed by atoms with E-state index >= 15 is 0 Å². The van der Waals surface area contributed by atoms with Crippen LogP contribution in [0.5, 0.6) is 0 Å². The normalized spacial score (nSPS) is 23.9. The van der Waals surface area contributed by atoms with Gasteiger partial charge in [-0.1, -0.05) is 0 Å². The lowest BCUT2D eigenvalue weighted by molar-refractivity contribution is 0.0173. The van der Waals surface area contributed by atoms with E-state index in [9.17, 15) is 16.8 Å². The number of hydrogen-bond acceptors (Lipinski definition) is 5. The molecule has 7 nitrogen and oxygen atoms in total. The van der Waals surface area contributed by atoms with Gasteiger partial charge in [-0.15, -0.1) is 0 Å². The average molecular weight is 334 g/mol. The van der Waals surface area contributed by atoms with E-state index in [0.717, 1.165) is 0 Å². The fourth-order valence-electron chi connectivity index (χ4n) is 2.20. The van der Waals surface area contributed by atoms with Crippen LogP contribution in [0.1, 0.15) is 19.8 Å². The van der Waals surface area contributed by atoms with Crippen molar-refractivity contribution in [2.75, 3.05) is 6.61 Å². The Kier molecular flexibility index (Phi) is 4.69. The first kappa shape index (κ1) is 16.4. The van der Waals surface area contributed by atoms with Gasteiger partial charge in [0.2, 0.25) is 20.0 Å². The molecule has 1 fully saturated rings. The largest absolute Gasteiger partial charge is 0.378 e. The number of nitrogens with one attached hydrogen (secondary N) is 1. The van der Waals surface area contributed by atoms with Gasteiger partial charge in [0.15, 0.2) is 0 Å². The van der Waals surface area contributed by atoms with Crippen LogP contribution in [0.15, 0.2) is 34.1 Å². The Morgan fingerprint density at radius 3 is 2.24 bits per heavy atom. The minimum Gasteiger partial charge on any atom is -0.378 e. The Morgan fingerprint density at radius 2 is 1.71 bits per heavy atom. The predicted molar refractivity (Wildman–Crippen MR) is 76.6 cm³/mol. The maximum absolute atomic E-state index is 12.2. The van der Waals surface area contributed by atoms with Crippen LogP contribution in [0.4, 0.5) is 0 Å². The van der Waals surface area contributed by atoms with E-state index in [1.54, 1.807) is 0 Å². The molecule has 21 heavy (non-hydrogen) atoms. The van der Waals surface area contributed by atoms with Crippen LogP contribution < -0.4 is 9.86 Å². The summed E-state index contributed by atoms with van der Waals surface area (Å²) < 4.78 is 54.7. The van der Waals surface area contributed by atoms with E-state index in [1.165, 1.54) is 24.3 Å². The lowest BCUT2D eigenvalue weighted by atomic mass is 10.1. The lowest BCUT2D eigenvalue weighted by Crippen LogP contribution is -2.41. The zero-order chi connectivity index (χ0) is 15.7. The monoisotopic (exact) mass is 334 g/mol. The van der Waals surface area contributed by atoms with Gasteiger partial charge in [-0.05, 0) is 44.0 Å². The van der Waals surface area contributed by atoms with Gasteiger partial charge in [0.1, 0.15) is 0 Å². The van der Waals surface area contributed by atoms with Gasteiger partial charge in [0.25, 0.3) is 0 Å². The van der Waals surface area contributed by atoms with Crippen LogP contribution in [0.3, 0.4) is 0 Å². The van der Waals surface area contributed by atoms with E-state index in [2.05, 4.69) is 4.72 Å². The third-order valence-electron chi connectivity index (χ3n) is 3.27. The molecule has 1 aromatic rings. The molecule has 2 atom stereocenters. The van der Waals surface area contributed by atoms with Crippen LogP contribution in [0, 0.1) is 0 Å². The van der Waals surface area contributed by atoms with Crippen molar-refractivity contribution in [3.05, 3.63) is 24.3 Å². The lowest BCUT2D eigenvalue weighted by Gasteiger charge is -2.27. The molecule has 2 rings (SSSR count). The zero-order valence-electron chi connectivity index (χ0n) is 11.5. The Labute approximate surface area is 124 Å². The molecular formula is C12H18N2O5S2. The molecule has 1 saturated heterocycles. The third kappa shape index (κ3) is 4.24. The van der Waals surface area contributed by atoms with E-state index < -0.39 is 20.0 Å². The SMILES string of the molecule is CC1CC(NS(=O)(=O)c2ccc(S(N)(=O)=O)cc2)CCO1. The second-order valence-electron chi connectivity index (χ2n) is 5.04. The number of rotatable bonds is 4. The van der Waals surface area contributed by atoms with Crippen molar-refractivity contribution >= 4 is 20.0 Å². The summed E-state index contributed by atoms with van der Waals surface area (Å²) in [6.07, 6.45) is 1.23. The van der Waals surface area contributed by atoms with Crippen molar-refractivity contribution in [1.29, 1.82) is 0 Å². The van der Waals surface area contributed by atoms with Crippen molar-refractivity contribution in [2.45, 2.75) is 41.7 Å². The summed E-state index contributed by atoms with van der Waals surface area (Å²) in [6, 6.07) is 4.62. The molecule has 0 radical (unpaired) electrons. The molecule has 0 spiro atoms. The molecule has 2 unspecified atom stereocenters. The van der Waals surface area contributed by atoms with Crippen LogP contribution in [0.25, 0.3) is 0 Å². The Bertz CT molecular complexity index is 698. The molecular weight excluding hydrogens is 316 g/mol. The molecule has 0 aromatic heterocycles. The maximum Gasteiger partial charge on any atom is 0.240 e. The number of benzene rings is 1. The second-order valence-corrected chi connectivity index (χ2v) is 8.32. The molecule has 118 valence electrons. The Morgan fingerprint density at radius 1 is 1.14 bits per heavy atom. The van der Waals surface area contributed by atoms with Crippen molar-refractivity contribution in [2.24, 2.45) is 5.14 Å². The highest BCUT2D eigenvalue weighted by Crippen LogP contribution is 2.18. The van der Waals surface area contributed by atoms with Crippen LogP contribution >= 0.6 is 0 Å². The van der Waals surface area contributed by atoms with Crippen molar-refractivity contribution in [1.82, 2.24) is 4.72 Å². The highest BCUT2D eigenvalue weighted by atomic mass is 32.2. The first-order chi connectivity index (χ1) is 9.68. The van der Waals surface area contributed by atoms with Gasteiger partial charge in [-0.3, -0.25) is 0 Å². The Hall–Kier alpha value is -1.00. The van der Waals surface area contributed by atoms with Gasteiger partial charge < -0.3 is 4.74 Å². The number of sulfonamides is 2. The molecule has 1 aliphatic rings. The number of primary sulfonamides is 1. The summed E-state index contributed by atoms with van der Waals surface area (Å²) in [4.78, 5) is -0.116. The van der Waals surface area contributed by atoms with Crippen LogP contribution in [-0.2, 0) is 24.8 Å². The summed E-state index contributed by atoms with van der Waals surface area (Å²) in [5.41, 5.74) is 0. The molecule has 1 aromatic carbocycles. The second kappa shape index (κ2) is 6.01. The Balaban J connectivity index is 2.16. The van der Waals surface area contributed by atoms with Crippen molar-refractivity contribution < 1.29 is 21.6 Å². The molecule has 1 heterocycles. The zero-order valence-corrected chi connectivity index (χ0v) is 13.2. The quantitative estimate of drug-likeness (QED) is 0.815. The summed E-state index contributed by atoms with van der Waals surface area (Å²) in [7, 11) is -7.52. The summed E-state index contributed by atoms with van der Waals surface area (Å²) in [6.45, 7) is 2.40. The molecule has 0 bridgehead atoms. The topological polar surface area (TPSA) is 116 Å². The molecule has 0 saturated carbocycles. The summed E-state index contributed by atoms with van der Waals surface area (Å²) in [5.74, 6) is 0. The van der Waals surface area contributed by atoms with Gasteiger partial charge >= 0.3 is 0 Å². The third-order valence-corrected chi connectivity index (χ3v) is 5.74. The molecule has 3 N–H and O–H groups in total. The standard InChI is InChI=1S/C12H18N2O5S2/c1-9-8-10(6-7-19-9)14-21(17,18)12-4-2-11(3-5-12)20(13,15)16/h2-5,9-10,14H,6-8H2,1H3,(H2,13,15,16). The van der Waals surface area contributed by atoms with E-state index in [0.29, 0.717) is 19.4 Å². The highest BCUT2D eigenvalue weighted by molar-refractivity contribution is 7.89. The molecule has 0 aliphatic carbocycles. The first-order valence-electron chi connectivity index (χ1n) is 6.45. The summed E-state index contributed by atoms with van der Waals surface area (Å²) in [5, 5.41) is 4.97. The predicted octanol–water partition coefficient (Wildman–Crippen LogP) is 0.180. The number of ether oxygens (including phenoxy) is 1. The molecule has 9 heteroatoms. The number of hydrogen-bond donors (Lipinski definition) is 2. The van der Waals surface area contributed by atoms with Gasteiger partial charge in [-0.2, -0.15) is 0 Å². The smallest absolute Gasteiger partial charge is 0.240 e.